The first-order valence-corrected chi connectivity index (χ1v) is 10.0. The molecule has 0 radical (unpaired) electrons. The van der Waals surface area contributed by atoms with Crippen LogP contribution in [0.1, 0.15) is 11.1 Å². The van der Waals surface area contributed by atoms with Crippen LogP contribution in [0.2, 0.25) is 0 Å². The molecule has 1 nitrogen and oxygen atoms in total. The van der Waals surface area contributed by atoms with E-state index in [9.17, 15) is 4.21 Å². The van der Waals surface area contributed by atoms with E-state index in [-0.39, 0.29) is 0 Å². The largest absolute Gasteiger partial charge is 0.259 e. The van der Waals surface area contributed by atoms with E-state index in [1.807, 2.05) is 42.5 Å². The molecule has 4 heteroatoms. The van der Waals surface area contributed by atoms with Crippen LogP contribution in [0.3, 0.4) is 0 Å². The van der Waals surface area contributed by atoms with E-state index in [0.717, 1.165) is 11.1 Å². The Morgan fingerprint density at radius 3 is 2.37 bits per heavy atom. The van der Waals surface area contributed by atoms with Crippen molar-refractivity contribution >= 4 is 32.4 Å². The zero-order valence-electron chi connectivity index (χ0n) is 10.7. The van der Waals surface area contributed by atoms with Gasteiger partial charge in [-0.15, -0.1) is 0 Å². The smallest absolute Gasteiger partial charge is 0.0489 e. The first-order valence-electron chi connectivity index (χ1n) is 5.96. The Labute approximate surface area is 125 Å². The second kappa shape index (κ2) is 7.78. The van der Waals surface area contributed by atoms with Crippen LogP contribution >= 0.6 is 21.6 Å². The summed E-state index contributed by atoms with van der Waals surface area (Å²) in [6.45, 7) is 0. The molecule has 1 unspecified atom stereocenters. The van der Waals surface area contributed by atoms with Crippen LogP contribution in [0.5, 0.6) is 0 Å². The Morgan fingerprint density at radius 2 is 1.63 bits per heavy atom. The Balaban J connectivity index is 1.97. The Kier molecular flexibility index (Phi) is 6.01. The maximum Gasteiger partial charge on any atom is 0.0489 e. The lowest BCUT2D eigenvalue weighted by atomic mass is 10.2. The van der Waals surface area contributed by atoms with E-state index in [0.29, 0.717) is 11.5 Å². The maximum absolute atomic E-state index is 12.2. The molecule has 0 fully saturated rings. The monoisotopic (exact) mass is 308 g/mol. The lowest BCUT2D eigenvalue weighted by Gasteiger charge is -2.05. The van der Waals surface area contributed by atoms with Crippen molar-refractivity contribution < 1.29 is 4.21 Å². The molecule has 0 N–H and O–H groups in total. The minimum Gasteiger partial charge on any atom is -0.259 e. The summed E-state index contributed by atoms with van der Waals surface area (Å²) in [7, 11) is 2.61. The lowest BCUT2D eigenvalue weighted by Crippen LogP contribution is -1.99. The predicted molar refractivity (Wildman–Crippen MR) is 87.8 cm³/mol. The first-order chi connectivity index (χ1) is 9.28. The molecule has 19 heavy (non-hydrogen) atoms. The predicted octanol–water partition coefficient (Wildman–Crippen LogP) is 4.51. The van der Waals surface area contributed by atoms with Crippen molar-refractivity contribution in [2.75, 3.05) is 6.26 Å². The van der Waals surface area contributed by atoms with E-state index in [1.165, 1.54) is 4.90 Å². The molecule has 0 aliphatic heterocycles. The van der Waals surface area contributed by atoms with E-state index >= 15 is 0 Å². The molecule has 2 aromatic rings. The van der Waals surface area contributed by atoms with Gasteiger partial charge in [-0.3, -0.25) is 4.21 Å². The van der Waals surface area contributed by atoms with E-state index < -0.39 is 10.8 Å². The molecule has 0 saturated carbocycles. The van der Waals surface area contributed by atoms with E-state index in [2.05, 4.69) is 18.4 Å². The number of hydrogen-bond acceptors (Lipinski definition) is 3. The van der Waals surface area contributed by atoms with Crippen molar-refractivity contribution in [2.45, 2.75) is 16.4 Å². The third kappa shape index (κ3) is 5.05. The third-order valence-electron chi connectivity index (χ3n) is 2.58. The van der Waals surface area contributed by atoms with Crippen molar-refractivity contribution in [3.8, 4) is 0 Å². The highest BCUT2D eigenvalue weighted by Crippen LogP contribution is 2.29. The summed E-state index contributed by atoms with van der Waals surface area (Å²) in [5.41, 5.74) is 2.28. The molecule has 0 aliphatic rings. The van der Waals surface area contributed by atoms with Crippen LogP contribution in [0.15, 0.2) is 59.5 Å². The van der Waals surface area contributed by atoms with Crippen LogP contribution in [0, 0.1) is 0 Å². The summed E-state index contributed by atoms with van der Waals surface area (Å²) in [5.74, 6) is 1.25. The van der Waals surface area contributed by atoms with Crippen molar-refractivity contribution in [2.24, 2.45) is 0 Å². The lowest BCUT2D eigenvalue weighted by molar-refractivity contribution is 0.682. The quantitative estimate of drug-likeness (QED) is 0.731. The zero-order chi connectivity index (χ0) is 13.5. The van der Waals surface area contributed by atoms with Crippen LogP contribution in [-0.2, 0) is 22.3 Å². The fourth-order valence-corrected chi connectivity index (χ4v) is 4.41. The Bertz CT molecular complexity index is 540. The van der Waals surface area contributed by atoms with Gasteiger partial charge in [0.1, 0.15) is 0 Å². The minimum atomic E-state index is -0.850. The second-order valence-corrected chi connectivity index (χ2v) is 8.04. The zero-order valence-corrected chi connectivity index (χ0v) is 13.2. The summed E-state index contributed by atoms with van der Waals surface area (Å²) < 4.78 is 12.2. The molecule has 0 bridgehead atoms. The van der Waals surface area contributed by atoms with Gasteiger partial charge in [0.2, 0.25) is 0 Å². The Hall–Kier alpha value is -0.710. The van der Waals surface area contributed by atoms with Crippen LogP contribution in [-0.4, -0.2) is 10.5 Å². The average Bonchev–Trinajstić information content (AvgIpc) is 2.40. The summed E-state index contributed by atoms with van der Waals surface area (Å²) in [6.07, 6.45) is 2.06. The molecule has 2 rings (SSSR count). The van der Waals surface area contributed by atoms with Crippen molar-refractivity contribution in [3.05, 3.63) is 65.7 Å². The highest BCUT2D eigenvalue weighted by atomic mass is 33.1. The number of hydrogen-bond donors (Lipinski definition) is 0. The average molecular weight is 308 g/mol. The Morgan fingerprint density at radius 1 is 0.947 bits per heavy atom. The standard InChI is InChI=1S/C15H16OS3/c1-17-18-15-9-5-8-14(10-15)12-19(16)11-13-6-3-2-4-7-13/h2-10H,11-12H2,1H3. The van der Waals surface area contributed by atoms with Gasteiger partial charge in [0, 0.05) is 27.2 Å². The molecule has 100 valence electrons. The number of rotatable bonds is 6. The summed E-state index contributed by atoms with van der Waals surface area (Å²) in [6, 6.07) is 18.3. The molecule has 0 saturated heterocycles. The molecular formula is C15H16OS3. The van der Waals surface area contributed by atoms with E-state index in [1.54, 1.807) is 21.6 Å². The van der Waals surface area contributed by atoms with Crippen LogP contribution in [0.4, 0.5) is 0 Å². The SMILES string of the molecule is CSSc1cccc(CS(=O)Cc2ccccc2)c1. The van der Waals surface area contributed by atoms with Gasteiger partial charge < -0.3 is 0 Å². The fraction of sp³-hybridized carbons (Fsp3) is 0.200. The molecule has 1 atom stereocenters. The summed E-state index contributed by atoms with van der Waals surface area (Å²) in [5, 5.41) is 0. The van der Waals surface area contributed by atoms with Gasteiger partial charge >= 0.3 is 0 Å². The van der Waals surface area contributed by atoms with Crippen LogP contribution < -0.4 is 0 Å². The van der Waals surface area contributed by atoms with Gasteiger partial charge in [-0.2, -0.15) is 0 Å². The first kappa shape index (κ1) is 14.7. The summed E-state index contributed by atoms with van der Waals surface area (Å²) in [4.78, 5) is 1.22. The molecule has 0 aromatic heterocycles. The molecule has 0 heterocycles. The molecule has 0 amide bonds. The highest BCUT2D eigenvalue weighted by molar-refractivity contribution is 8.76. The number of benzene rings is 2. The topological polar surface area (TPSA) is 17.1 Å². The maximum atomic E-state index is 12.2. The second-order valence-electron chi connectivity index (χ2n) is 4.11. The van der Waals surface area contributed by atoms with Crippen LogP contribution in [0.25, 0.3) is 0 Å². The van der Waals surface area contributed by atoms with E-state index in [4.69, 9.17) is 0 Å². The van der Waals surface area contributed by atoms with Gasteiger partial charge in [-0.25, -0.2) is 0 Å². The van der Waals surface area contributed by atoms with Crippen molar-refractivity contribution in [3.63, 3.8) is 0 Å². The van der Waals surface area contributed by atoms with Gasteiger partial charge in [-0.05, 0) is 29.5 Å². The van der Waals surface area contributed by atoms with Crippen molar-refractivity contribution in [1.82, 2.24) is 0 Å². The van der Waals surface area contributed by atoms with Crippen molar-refractivity contribution in [1.29, 1.82) is 0 Å². The van der Waals surface area contributed by atoms with Gasteiger partial charge in [0.05, 0.1) is 0 Å². The third-order valence-corrected chi connectivity index (χ3v) is 5.58. The summed E-state index contributed by atoms with van der Waals surface area (Å²) >= 11 is 0. The van der Waals surface area contributed by atoms with Gasteiger partial charge in [0.15, 0.2) is 0 Å². The van der Waals surface area contributed by atoms with Gasteiger partial charge in [0.25, 0.3) is 0 Å². The fourth-order valence-electron chi connectivity index (χ4n) is 1.78. The molecule has 2 aromatic carbocycles. The highest BCUT2D eigenvalue weighted by Gasteiger charge is 2.04. The normalized spacial score (nSPS) is 12.3. The van der Waals surface area contributed by atoms with Gasteiger partial charge in [-0.1, -0.05) is 64.1 Å². The molecule has 0 spiro atoms. The molecular weight excluding hydrogens is 292 g/mol. The molecule has 0 aliphatic carbocycles. The minimum absolute atomic E-state index is 0.623.